The number of aldehydes is 1. The van der Waals surface area contributed by atoms with Crippen molar-refractivity contribution in [3.63, 3.8) is 0 Å². The maximum atomic E-state index is 12.2. The van der Waals surface area contributed by atoms with E-state index in [0.29, 0.717) is 43.3 Å². The van der Waals surface area contributed by atoms with E-state index < -0.39 is 0 Å². The summed E-state index contributed by atoms with van der Waals surface area (Å²) in [5.41, 5.74) is 7.53. The summed E-state index contributed by atoms with van der Waals surface area (Å²) in [6.45, 7) is 5.33. The monoisotopic (exact) mass is 495 g/mol. The van der Waals surface area contributed by atoms with Crippen LogP contribution in [0.4, 0.5) is 5.82 Å². The maximum Gasteiger partial charge on any atom is 0.242 e. The van der Waals surface area contributed by atoms with Gasteiger partial charge in [0.05, 0.1) is 24.8 Å². The summed E-state index contributed by atoms with van der Waals surface area (Å²) in [7, 11) is 1.71. The fourth-order valence-corrected chi connectivity index (χ4v) is 4.09. The summed E-state index contributed by atoms with van der Waals surface area (Å²) in [5, 5.41) is 6.54. The molecule has 0 unspecified atom stereocenters. The number of benzene rings is 1. The van der Waals surface area contributed by atoms with Crippen LogP contribution in [0.25, 0.3) is 10.2 Å². The molecule has 0 bridgehead atoms. The number of carbonyl (C=O) groups excluding carboxylic acids is 2. The molecule has 0 saturated heterocycles. The molecule has 0 aliphatic carbocycles. The van der Waals surface area contributed by atoms with Crippen molar-refractivity contribution in [1.82, 2.24) is 25.5 Å². The van der Waals surface area contributed by atoms with Crippen molar-refractivity contribution in [3.05, 3.63) is 64.2 Å². The highest BCUT2D eigenvalue weighted by Crippen LogP contribution is 2.27. The minimum absolute atomic E-state index is 0.104. The standard InChI is InChI=1S/C17H21N7O3S.C7H8/c1-10-22-15(18)12-5-11(28-17(12)23-10)6-20-14(26)7-24(2)9-21-16-13(8-25)19-3-4-27-16;1-7-5-3-2-4-6-7/h5,8-9,19H,3-4,6-7H2,1-2H3,(H,20,26)(H2,18,22,23);2-6H,1H3/b21-9-;. The lowest BCUT2D eigenvalue weighted by Gasteiger charge is -2.17. The molecule has 0 fully saturated rings. The van der Waals surface area contributed by atoms with Gasteiger partial charge in [0, 0.05) is 18.5 Å². The lowest BCUT2D eigenvalue weighted by molar-refractivity contribution is -0.121. The molecule has 0 spiro atoms. The first-order chi connectivity index (χ1) is 16.9. The molecule has 184 valence electrons. The van der Waals surface area contributed by atoms with Crippen LogP contribution < -0.4 is 16.4 Å². The molecule has 1 aliphatic rings. The number of nitrogens with one attached hydrogen (secondary N) is 2. The number of nitrogens with zero attached hydrogens (tertiary/aromatic N) is 4. The SMILES string of the molecule is Cc1ccccc1.Cc1nc(N)c2cc(CNC(=O)CN(C)/C=N\C3=C(C=O)NCCO3)sc2n1. The number of ether oxygens (including phenoxy) is 1. The van der Waals surface area contributed by atoms with E-state index >= 15 is 0 Å². The first kappa shape index (κ1) is 25.6. The molecule has 1 amide bonds. The van der Waals surface area contributed by atoms with Crippen LogP contribution in [-0.4, -0.2) is 60.1 Å². The van der Waals surface area contributed by atoms with Crippen molar-refractivity contribution in [2.24, 2.45) is 4.99 Å². The second-order valence-corrected chi connectivity index (χ2v) is 8.91. The number of nitrogen functional groups attached to an aromatic ring is 1. The quantitative estimate of drug-likeness (QED) is 0.258. The molecule has 1 aliphatic heterocycles. The summed E-state index contributed by atoms with van der Waals surface area (Å²) in [4.78, 5) is 39.1. The Hall–Kier alpha value is -3.99. The summed E-state index contributed by atoms with van der Waals surface area (Å²) < 4.78 is 5.33. The normalized spacial score (nSPS) is 13.0. The van der Waals surface area contributed by atoms with Crippen molar-refractivity contribution in [2.75, 3.05) is 32.5 Å². The Morgan fingerprint density at radius 2 is 2.09 bits per heavy atom. The molecule has 0 atom stereocenters. The topological polar surface area (TPSA) is 135 Å². The van der Waals surface area contributed by atoms with Gasteiger partial charge in [0.25, 0.3) is 0 Å². The molecule has 35 heavy (non-hydrogen) atoms. The van der Waals surface area contributed by atoms with Gasteiger partial charge in [-0.3, -0.25) is 9.59 Å². The van der Waals surface area contributed by atoms with Crippen molar-refractivity contribution in [3.8, 4) is 0 Å². The summed E-state index contributed by atoms with van der Waals surface area (Å²) >= 11 is 1.47. The number of nitrogens with two attached hydrogens (primary N) is 1. The number of aromatic nitrogens is 2. The number of fused-ring (bicyclic) bond motifs is 1. The summed E-state index contributed by atoms with van der Waals surface area (Å²) in [6, 6.07) is 12.2. The van der Waals surface area contributed by atoms with Crippen molar-refractivity contribution in [1.29, 1.82) is 0 Å². The van der Waals surface area contributed by atoms with Gasteiger partial charge in [-0.05, 0) is 19.9 Å². The number of likely N-dealkylation sites (N-methyl/N-ethyl adjacent to an activating group) is 1. The molecule has 4 N–H and O–H groups in total. The van der Waals surface area contributed by atoms with Gasteiger partial charge < -0.3 is 26.0 Å². The smallest absolute Gasteiger partial charge is 0.242 e. The molecule has 0 radical (unpaired) electrons. The van der Waals surface area contributed by atoms with Crippen LogP contribution in [-0.2, 0) is 20.9 Å². The molecular weight excluding hydrogens is 466 g/mol. The summed E-state index contributed by atoms with van der Waals surface area (Å²) in [6.07, 6.45) is 2.10. The third-order valence-electron chi connectivity index (χ3n) is 4.75. The Balaban J connectivity index is 0.000000420. The van der Waals surface area contributed by atoms with Crippen molar-refractivity contribution < 1.29 is 14.3 Å². The molecule has 4 rings (SSSR count). The van der Waals surface area contributed by atoms with Crippen LogP contribution in [0.15, 0.2) is 53.0 Å². The zero-order valence-electron chi connectivity index (χ0n) is 19.9. The van der Waals surface area contributed by atoms with E-state index in [-0.39, 0.29) is 18.3 Å². The molecule has 2 aromatic heterocycles. The number of amides is 1. The average molecular weight is 496 g/mol. The number of aliphatic imine (C=N–C) groups is 1. The van der Waals surface area contributed by atoms with E-state index in [2.05, 4.69) is 44.7 Å². The number of allylic oxidation sites excluding steroid dienone is 1. The van der Waals surface area contributed by atoms with Gasteiger partial charge in [-0.1, -0.05) is 35.9 Å². The van der Waals surface area contributed by atoms with Crippen molar-refractivity contribution in [2.45, 2.75) is 20.4 Å². The largest absolute Gasteiger partial charge is 0.474 e. The van der Waals surface area contributed by atoms with Gasteiger partial charge in [0.1, 0.15) is 28.8 Å². The molecule has 3 aromatic rings. The minimum Gasteiger partial charge on any atom is -0.474 e. The van der Waals surface area contributed by atoms with E-state index in [1.54, 1.807) is 18.9 Å². The Morgan fingerprint density at radius 3 is 2.77 bits per heavy atom. The zero-order valence-corrected chi connectivity index (χ0v) is 20.8. The van der Waals surface area contributed by atoms with Crippen LogP contribution >= 0.6 is 11.3 Å². The number of carbonyl (C=O) groups is 2. The lowest BCUT2D eigenvalue weighted by atomic mass is 10.2. The maximum absolute atomic E-state index is 12.2. The van der Waals surface area contributed by atoms with E-state index in [1.165, 1.54) is 23.2 Å². The first-order valence-corrected chi connectivity index (χ1v) is 11.8. The van der Waals surface area contributed by atoms with Crippen LogP contribution in [0.5, 0.6) is 0 Å². The fraction of sp³-hybridized carbons (Fsp3) is 0.292. The number of thiophene rings is 1. The highest BCUT2D eigenvalue weighted by atomic mass is 32.1. The Kier molecular flexibility index (Phi) is 9.13. The van der Waals surface area contributed by atoms with Gasteiger partial charge in [-0.15, -0.1) is 11.3 Å². The van der Waals surface area contributed by atoms with Crippen LogP contribution in [0.2, 0.25) is 0 Å². The van der Waals surface area contributed by atoms with Crippen molar-refractivity contribution >= 4 is 45.9 Å². The van der Waals surface area contributed by atoms with Crippen LogP contribution in [0.1, 0.15) is 16.3 Å². The molecule has 3 heterocycles. The van der Waals surface area contributed by atoms with E-state index in [4.69, 9.17) is 10.5 Å². The highest BCUT2D eigenvalue weighted by Gasteiger charge is 2.13. The average Bonchev–Trinajstić information content (AvgIpc) is 3.26. The zero-order chi connectivity index (χ0) is 25.2. The molecule has 11 heteroatoms. The van der Waals surface area contributed by atoms with Gasteiger partial charge >= 0.3 is 0 Å². The number of anilines is 1. The van der Waals surface area contributed by atoms with E-state index in [9.17, 15) is 9.59 Å². The number of rotatable bonds is 7. The fourth-order valence-electron chi connectivity index (χ4n) is 3.07. The molecule has 0 saturated carbocycles. The number of aryl methyl sites for hydroxylation is 2. The highest BCUT2D eigenvalue weighted by molar-refractivity contribution is 7.18. The second-order valence-electron chi connectivity index (χ2n) is 7.79. The first-order valence-electron chi connectivity index (χ1n) is 11.0. The Bertz CT molecular complexity index is 1220. The van der Waals surface area contributed by atoms with Gasteiger partial charge in [-0.25, -0.2) is 15.0 Å². The predicted octanol–water partition coefficient (Wildman–Crippen LogP) is 2.14. The Morgan fingerprint density at radius 1 is 1.31 bits per heavy atom. The lowest BCUT2D eigenvalue weighted by Crippen LogP contribution is -2.34. The van der Waals surface area contributed by atoms with Gasteiger partial charge in [0.2, 0.25) is 11.8 Å². The third-order valence-corrected chi connectivity index (χ3v) is 5.78. The molecular formula is C24H29N7O3S. The van der Waals surface area contributed by atoms with Gasteiger partial charge in [0.15, 0.2) is 6.29 Å². The number of hydrogen-bond acceptors (Lipinski definition) is 9. The van der Waals surface area contributed by atoms with E-state index in [1.807, 2.05) is 24.3 Å². The second kappa shape index (κ2) is 12.5. The van der Waals surface area contributed by atoms with Gasteiger partial charge in [-0.2, -0.15) is 0 Å². The Labute approximate surface area is 207 Å². The van der Waals surface area contributed by atoms with Crippen LogP contribution in [0.3, 0.4) is 0 Å². The predicted molar refractivity (Wildman–Crippen MR) is 138 cm³/mol. The minimum atomic E-state index is -0.172. The molecule has 10 nitrogen and oxygen atoms in total. The summed E-state index contributed by atoms with van der Waals surface area (Å²) in [5.74, 6) is 1.10. The van der Waals surface area contributed by atoms with Crippen LogP contribution in [0, 0.1) is 13.8 Å². The molecule has 1 aromatic carbocycles. The third kappa shape index (κ3) is 7.78. The van der Waals surface area contributed by atoms with E-state index in [0.717, 1.165) is 15.1 Å². The number of hydrogen-bond donors (Lipinski definition) is 3.